The van der Waals surface area contributed by atoms with Gasteiger partial charge in [0.15, 0.2) is 0 Å². The quantitative estimate of drug-likeness (QED) is 0.580. The van der Waals surface area contributed by atoms with Gasteiger partial charge >= 0.3 is 0 Å². The maximum absolute atomic E-state index is 9.09. The Balaban J connectivity index is 4.31. The maximum atomic E-state index is 9.09. The van der Waals surface area contributed by atoms with Crippen molar-refractivity contribution in [2.45, 2.75) is 46.5 Å². The van der Waals surface area contributed by atoms with E-state index in [9.17, 15) is 0 Å². The van der Waals surface area contributed by atoms with Crippen LogP contribution in [0.3, 0.4) is 0 Å². The van der Waals surface area contributed by atoms with Crippen LogP contribution in [0.4, 0.5) is 0 Å². The predicted molar refractivity (Wildman–Crippen MR) is 75.3 cm³/mol. The third-order valence-corrected chi connectivity index (χ3v) is 4.31. The molecule has 2 nitrogen and oxygen atoms in total. The van der Waals surface area contributed by atoms with Crippen molar-refractivity contribution in [2.75, 3.05) is 32.0 Å². The average Bonchev–Trinajstić information content (AvgIpc) is 2.33. The van der Waals surface area contributed by atoms with Gasteiger partial charge in [0.2, 0.25) is 0 Å². The highest BCUT2D eigenvalue weighted by atomic mass is 32.1. The molecule has 0 aliphatic carbocycles. The molecule has 0 aromatic rings. The second-order valence-corrected chi connectivity index (χ2v) is 5.03. The predicted octanol–water partition coefficient (Wildman–Crippen LogP) is 2.82. The first-order valence-corrected chi connectivity index (χ1v) is 7.25. The van der Waals surface area contributed by atoms with E-state index in [1.54, 1.807) is 0 Å². The molecule has 0 unspecified atom stereocenters. The zero-order chi connectivity index (χ0) is 12.4. The molecule has 0 rings (SSSR count). The number of unbranched alkanes of at least 4 members (excludes halogenated alkanes) is 1. The zero-order valence-electron chi connectivity index (χ0n) is 11.2. The molecule has 1 N–H and O–H groups in total. The van der Waals surface area contributed by atoms with Crippen LogP contribution in [0.2, 0.25) is 0 Å². The second-order valence-electron chi connectivity index (χ2n) is 4.72. The Hall–Kier alpha value is 0.270. The summed E-state index contributed by atoms with van der Waals surface area (Å²) in [4.78, 5) is 2.40. The lowest BCUT2D eigenvalue weighted by Crippen LogP contribution is -2.40. The van der Waals surface area contributed by atoms with Crippen LogP contribution in [0.25, 0.3) is 0 Å². The summed E-state index contributed by atoms with van der Waals surface area (Å²) < 4.78 is 0. The van der Waals surface area contributed by atoms with Crippen molar-refractivity contribution >= 4 is 12.6 Å². The molecule has 3 heteroatoms. The first-order chi connectivity index (χ1) is 7.67. The number of nitrogens with zero attached hydrogens (tertiary/aromatic N) is 1. The first-order valence-electron chi connectivity index (χ1n) is 6.62. The van der Waals surface area contributed by atoms with Crippen LogP contribution in [0.1, 0.15) is 46.5 Å². The molecule has 0 fully saturated rings. The van der Waals surface area contributed by atoms with Crippen molar-refractivity contribution in [2.24, 2.45) is 5.41 Å². The monoisotopic (exact) mass is 247 g/mol. The lowest BCUT2D eigenvalue weighted by atomic mass is 9.83. The molecule has 0 aliphatic heterocycles. The number of aliphatic hydroxyl groups is 1. The fourth-order valence-electron chi connectivity index (χ4n) is 2.01. The van der Waals surface area contributed by atoms with E-state index in [0.29, 0.717) is 5.41 Å². The van der Waals surface area contributed by atoms with E-state index >= 15 is 0 Å². The normalized spacial score (nSPS) is 12.4. The van der Waals surface area contributed by atoms with Crippen molar-refractivity contribution in [3.05, 3.63) is 0 Å². The molecule has 0 heterocycles. The highest BCUT2D eigenvalue weighted by molar-refractivity contribution is 7.80. The van der Waals surface area contributed by atoms with Gasteiger partial charge in [-0.05, 0) is 37.0 Å². The Labute approximate surface area is 107 Å². The van der Waals surface area contributed by atoms with E-state index in [1.165, 1.54) is 25.7 Å². The molecule has 0 bridgehead atoms. The van der Waals surface area contributed by atoms with Gasteiger partial charge in [0.25, 0.3) is 0 Å². The van der Waals surface area contributed by atoms with Crippen LogP contribution in [0, 0.1) is 5.41 Å². The average molecular weight is 247 g/mol. The van der Waals surface area contributed by atoms with Crippen molar-refractivity contribution in [1.82, 2.24) is 4.90 Å². The molecule has 0 aromatic heterocycles. The topological polar surface area (TPSA) is 23.5 Å². The van der Waals surface area contributed by atoms with Gasteiger partial charge in [0.05, 0.1) is 6.61 Å². The van der Waals surface area contributed by atoms with Crippen molar-refractivity contribution in [3.8, 4) is 0 Å². The molecule has 16 heavy (non-hydrogen) atoms. The molecular formula is C13H29NOS. The highest BCUT2D eigenvalue weighted by Gasteiger charge is 2.26. The fourth-order valence-corrected chi connectivity index (χ4v) is 2.56. The molecule has 0 aromatic carbocycles. The smallest absolute Gasteiger partial charge is 0.0558 e. The Morgan fingerprint density at radius 3 is 2.12 bits per heavy atom. The lowest BCUT2D eigenvalue weighted by Gasteiger charge is -2.36. The molecule has 0 aliphatic rings. The summed E-state index contributed by atoms with van der Waals surface area (Å²) in [5.74, 6) is 0.939. The van der Waals surface area contributed by atoms with Gasteiger partial charge in [0, 0.05) is 13.1 Å². The number of aliphatic hydroxyl groups excluding tert-OH is 1. The van der Waals surface area contributed by atoms with Gasteiger partial charge in [-0.2, -0.15) is 12.6 Å². The van der Waals surface area contributed by atoms with Crippen molar-refractivity contribution in [1.29, 1.82) is 0 Å². The SMILES string of the molecule is CCCCN(CCO)CC(CC)(CC)CS. The molecule has 0 amide bonds. The van der Waals surface area contributed by atoms with Crippen LogP contribution in [-0.4, -0.2) is 42.0 Å². The van der Waals surface area contributed by atoms with Crippen molar-refractivity contribution in [3.63, 3.8) is 0 Å². The minimum absolute atomic E-state index is 0.264. The van der Waals surface area contributed by atoms with E-state index in [1.807, 2.05) is 0 Å². The fraction of sp³-hybridized carbons (Fsp3) is 1.00. The van der Waals surface area contributed by atoms with Gasteiger partial charge < -0.3 is 10.0 Å². The number of hydrogen-bond acceptors (Lipinski definition) is 3. The van der Waals surface area contributed by atoms with Crippen LogP contribution >= 0.6 is 12.6 Å². The van der Waals surface area contributed by atoms with E-state index in [4.69, 9.17) is 5.11 Å². The number of thiol groups is 1. The van der Waals surface area contributed by atoms with Gasteiger partial charge in [-0.25, -0.2) is 0 Å². The van der Waals surface area contributed by atoms with E-state index in [-0.39, 0.29) is 6.61 Å². The zero-order valence-corrected chi connectivity index (χ0v) is 12.1. The Morgan fingerprint density at radius 1 is 1.12 bits per heavy atom. The summed E-state index contributed by atoms with van der Waals surface area (Å²) in [6, 6.07) is 0. The molecule has 0 radical (unpaired) electrons. The standard InChI is InChI=1S/C13H29NOS/c1-4-7-8-14(9-10-15)11-13(5-2,6-3)12-16/h15-16H,4-12H2,1-3H3. The molecule has 98 valence electrons. The minimum Gasteiger partial charge on any atom is -0.395 e. The summed E-state index contributed by atoms with van der Waals surface area (Å²) in [5.41, 5.74) is 0.325. The van der Waals surface area contributed by atoms with Gasteiger partial charge in [-0.1, -0.05) is 27.2 Å². The summed E-state index contributed by atoms with van der Waals surface area (Å²) >= 11 is 4.51. The van der Waals surface area contributed by atoms with Gasteiger partial charge in [-0.3, -0.25) is 0 Å². The van der Waals surface area contributed by atoms with E-state index in [2.05, 4.69) is 38.3 Å². The molecule has 0 spiro atoms. The van der Waals surface area contributed by atoms with E-state index in [0.717, 1.165) is 25.4 Å². The van der Waals surface area contributed by atoms with Crippen LogP contribution < -0.4 is 0 Å². The Kier molecular flexibility index (Phi) is 9.47. The summed E-state index contributed by atoms with van der Waals surface area (Å²) in [6.07, 6.45) is 4.77. The first kappa shape index (κ1) is 16.3. The van der Waals surface area contributed by atoms with Crippen LogP contribution in [0.15, 0.2) is 0 Å². The Morgan fingerprint density at radius 2 is 1.75 bits per heavy atom. The summed E-state index contributed by atoms with van der Waals surface area (Å²) in [7, 11) is 0. The highest BCUT2D eigenvalue weighted by Crippen LogP contribution is 2.29. The number of hydrogen-bond donors (Lipinski definition) is 2. The van der Waals surface area contributed by atoms with Gasteiger partial charge in [0.1, 0.15) is 0 Å². The molecule has 0 saturated heterocycles. The minimum atomic E-state index is 0.264. The maximum Gasteiger partial charge on any atom is 0.0558 e. The second kappa shape index (κ2) is 9.32. The molecule has 0 atom stereocenters. The molecule has 0 saturated carbocycles. The lowest BCUT2D eigenvalue weighted by molar-refractivity contribution is 0.129. The Bertz CT molecular complexity index is 152. The largest absolute Gasteiger partial charge is 0.395 e. The third kappa shape index (κ3) is 5.55. The number of rotatable bonds is 10. The third-order valence-electron chi connectivity index (χ3n) is 3.64. The van der Waals surface area contributed by atoms with Crippen LogP contribution in [-0.2, 0) is 0 Å². The summed E-state index contributed by atoms with van der Waals surface area (Å²) in [6.45, 7) is 9.95. The van der Waals surface area contributed by atoms with Crippen LogP contribution in [0.5, 0.6) is 0 Å². The van der Waals surface area contributed by atoms with E-state index < -0.39 is 0 Å². The van der Waals surface area contributed by atoms with Gasteiger partial charge in [-0.15, -0.1) is 0 Å². The summed E-state index contributed by atoms with van der Waals surface area (Å²) in [5, 5.41) is 9.09. The van der Waals surface area contributed by atoms with Crippen molar-refractivity contribution < 1.29 is 5.11 Å². The molecular weight excluding hydrogens is 218 g/mol.